The largest absolute Gasteiger partial charge is 0.379 e. The summed E-state index contributed by atoms with van der Waals surface area (Å²) in [4.78, 5) is 17.8. The highest BCUT2D eigenvalue weighted by Gasteiger charge is 2.27. The number of hydrogen-bond acceptors (Lipinski definition) is 6. The molecule has 194 valence electrons. The second kappa shape index (κ2) is 12.0. The summed E-state index contributed by atoms with van der Waals surface area (Å²) in [6, 6.07) is 15.7. The SMILES string of the molecule is Cc1c(C(=O)Nc2ccc(N3CCC(N4CCOCC4)CC3)c(C#N)c2)cnn1-c1ccc(Cl)cc1.Cl. The molecule has 5 rings (SSSR count). The summed E-state index contributed by atoms with van der Waals surface area (Å²) in [7, 11) is 0. The summed E-state index contributed by atoms with van der Waals surface area (Å²) in [5, 5.41) is 17.8. The van der Waals surface area contributed by atoms with Crippen molar-refractivity contribution in [1.82, 2.24) is 14.7 Å². The average Bonchev–Trinajstić information content (AvgIpc) is 3.31. The topological polar surface area (TPSA) is 86.4 Å². The molecule has 2 aliphatic rings. The van der Waals surface area contributed by atoms with Gasteiger partial charge in [0.25, 0.3) is 5.91 Å². The minimum atomic E-state index is -0.268. The van der Waals surface area contributed by atoms with Crippen LogP contribution in [-0.2, 0) is 4.74 Å². The molecule has 37 heavy (non-hydrogen) atoms. The standard InChI is InChI=1S/C27H29ClN6O2.ClH/c1-19-25(18-30-34(19)24-5-2-21(28)3-6-24)27(35)31-22-4-7-26(20(16-22)17-29)33-10-8-23(9-11-33)32-12-14-36-15-13-32;/h2-7,16,18,23H,8-15H2,1H3,(H,31,35);1H. The van der Waals surface area contributed by atoms with Crippen molar-refractivity contribution in [2.45, 2.75) is 25.8 Å². The molecular weight excluding hydrogens is 511 g/mol. The lowest BCUT2D eigenvalue weighted by atomic mass is 10.0. The molecule has 0 spiro atoms. The van der Waals surface area contributed by atoms with E-state index in [9.17, 15) is 10.1 Å². The summed E-state index contributed by atoms with van der Waals surface area (Å²) >= 11 is 5.98. The summed E-state index contributed by atoms with van der Waals surface area (Å²) in [5.74, 6) is -0.268. The Labute approximate surface area is 228 Å². The predicted octanol–water partition coefficient (Wildman–Crippen LogP) is 4.68. The van der Waals surface area contributed by atoms with Crippen LogP contribution in [0.3, 0.4) is 0 Å². The van der Waals surface area contributed by atoms with Gasteiger partial charge in [-0.25, -0.2) is 4.68 Å². The van der Waals surface area contributed by atoms with E-state index in [1.165, 1.54) is 0 Å². The van der Waals surface area contributed by atoms with Crippen molar-refractivity contribution in [3.63, 3.8) is 0 Å². The molecule has 0 saturated carbocycles. The number of hydrogen-bond donors (Lipinski definition) is 1. The number of benzene rings is 2. The van der Waals surface area contributed by atoms with Crippen LogP contribution in [0.2, 0.25) is 5.02 Å². The van der Waals surface area contributed by atoms with E-state index in [0.717, 1.165) is 69.3 Å². The van der Waals surface area contributed by atoms with Crippen molar-refractivity contribution in [3.05, 3.63) is 70.5 Å². The molecule has 3 aromatic rings. The monoisotopic (exact) mass is 540 g/mol. The van der Waals surface area contributed by atoms with Gasteiger partial charge in [0, 0.05) is 42.9 Å². The van der Waals surface area contributed by atoms with E-state index in [4.69, 9.17) is 16.3 Å². The van der Waals surface area contributed by atoms with Crippen molar-refractivity contribution in [2.75, 3.05) is 49.6 Å². The van der Waals surface area contributed by atoms with Gasteiger partial charge in [-0.3, -0.25) is 9.69 Å². The van der Waals surface area contributed by atoms with Crippen molar-refractivity contribution in [2.24, 2.45) is 0 Å². The summed E-state index contributed by atoms with van der Waals surface area (Å²) < 4.78 is 7.19. The number of nitrogens with zero attached hydrogens (tertiary/aromatic N) is 5. The number of nitrogens with one attached hydrogen (secondary N) is 1. The number of carbonyl (C=O) groups excluding carboxylic acids is 1. The molecule has 2 fully saturated rings. The number of ether oxygens (including phenoxy) is 1. The van der Waals surface area contributed by atoms with Crippen LogP contribution < -0.4 is 10.2 Å². The van der Waals surface area contributed by atoms with Gasteiger partial charge in [-0.2, -0.15) is 10.4 Å². The lowest BCUT2D eigenvalue weighted by Crippen LogP contribution is -2.49. The van der Waals surface area contributed by atoms with Crippen LogP contribution in [0.4, 0.5) is 11.4 Å². The van der Waals surface area contributed by atoms with Crippen molar-refractivity contribution in [1.29, 1.82) is 5.26 Å². The molecule has 0 bridgehead atoms. The van der Waals surface area contributed by atoms with Crippen molar-refractivity contribution >= 4 is 41.3 Å². The third-order valence-corrected chi connectivity index (χ3v) is 7.32. The van der Waals surface area contributed by atoms with Gasteiger partial charge in [-0.1, -0.05) is 11.6 Å². The van der Waals surface area contributed by atoms with E-state index in [-0.39, 0.29) is 18.3 Å². The Balaban J connectivity index is 0.00000320. The first-order valence-corrected chi connectivity index (χ1v) is 12.6. The lowest BCUT2D eigenvalue weighted by molar-refractivity contribution is 0.0115. The third-order valence-electron chi connectivity index (χ3n) is 7.07. The maximum atomic E-state index is 13.0. The summed E-state index contributed by atoms with van der Waals surface area (Å²) in [6.45, 7) is 7.29. The smallest absolute Gasteiger partial charge is 0.259 e. The number of anilines is 2. The van der Waals surface area contributed by atoms with Gasteiger partial charge in [0.1, 0.15) is 6.07 Å². The van der Waals surface area contributed by atoms with Gasteiger partial charge < -0.3 is 15.0 Å². The van der Waals surface area contributed by atoms with E-state index in [2.05, 4.69) is 26.3 Å². The van der Waals surface area contributed by atoms with Crippen LogP contribution >= 0.6 is 24.0 Å². The fourth-order valence-corrected chi connectivity index (χ4v) is 5.19. The molecule has 2 saturated heterocycles. The zero-order valence-corrected chi connectivity index (χ0v) is 22.3. The van der Waals surface area contributed by atoms with Crippen molar-refractivity contribution in [3.8, 4) is 11.8 Å². The Bertz CT molecular complexity index is 1270. The summed E-state index contributed by atoms with van der Waals surface area (Å²) in [6.07, 6.45) is 3.69. The molecule has 2 aliphatic heterocycles. The number of rotatable bonds is 5. The van der Waals surface area contributed by atoms with Crippen LogP contribution in [0.5, 0.6) is 0 Å². The normalized spacial score (nSPS) is 16.6. The fourth-order valence-electron chi connectivity index (χ4n) is 5.07. The Hall–Kier alpha value is -3.09. The zero-order valence-electron chi connectivity index (χ0n) is 20.7. The second-order valence-corrected chi connectivity index (χ2v) is 9.63. The molecule has 10 heteroatoms. The van der Waals surface area contributed by atoms with Crippen molar-refractivity contribution < 1.29 is 9.53 Å². The number of halogens is 2. The molecule has 1 N–H and O–H groups in total. The molecule has 0 unspecified atom stereocenters. The van der Waals surface area contributed by atoms with Gasteiger partial charge in [-0.05, 0) is 62.2 Å². The maximum Gasteiger partial charge on any atom is 0.259 e. The number of amides is 1. The molecular formula is C27H30Cl2N6O2. The number of piperidine rings is 1. The second-order valence-electron chi connectivity index (χ2n) is 9.20. The molecule has 1 aromatic heterocycles. The quantitative estimate of drug-likeness (QED) is 0.505. The molecule has 8 nitrogen and oxygen atoms in total. The van der Waals surface area contributed by atoms with Crippen LogP contribution in [-0.4, -0.2) is 66.0 Å². The van der Waals surface area contributed by atoms with E-state index in [1.807, 2.05) is 31.2 Å². The first kappa shape index (κ1) is 27.0. The Morgan fingerprint density at radius 3 is 2.49 bits per heavy atom. The molecule has 1 amide bonds. The average molecular weight is 541 g/mol. The Morgan fingerprint density at radius 1 is 1.11 bits per heavy atom. The predicted molar refractivity (Wildman–Crippen MR) is 147 cm³/mol. The van der Waals surface area contributed by atoms with Gasteiger partial charge in [0.05, 0.1) is 47.6 Å². The van der Waals surface area contributed by atoms with Crippen LogP contribution in [0, 0.1) is 18.3 Å². The van der Waals surface area contributed by atoms with E-state index >= 15 is 0 Å². The molecule has 0 radical (unpaired) electrons. The van der Waals surface area contributed by atoms with Crippen LogP contribution in [0.25, 0.3) is 5.69 Å². The lowest BCUT2D eigenvalue weighted by Gasteiger charge is -2.41. The number of nitriles is 1. The number of carbonyl (C=O) groups is 1. The Kier molecular flexibility index (Phi) is 8.72. The summed E-state index contributed by atoms with van der Waals surface area (Å²) in [5.41, 5.74) is 4.08. The molecule has 0 atom stereocenters. The highest BCUT2D eigenvalue weighted by Crippen LogP contribution is 2.28. The van der Waals surface area contributed by atoms with Gasteiger partial charge in [0.2, 0.25) is 0 Å². The van der Waals surface area contributed by atoms with E-state index in [0.29, 0.717) is 27.9 Å². The Morgan fingerprint density at radius 2 is 1.81 bits per heavy atom. The first-order chi connectivity index (χ1) is 17.5. The van der Waals surface area contributed by atoms with Gasteiger partial charge >= 0.3 is 0 Å². The highest BCUT2D eigenvalue weighted by atomic mass is 35.5. The highest BCUT2D eigenvalue weighted by molar-refractivity contribution is 6.30. The minimum Gasteiger partial charge on any atom is -0.379 e. The van der Waals surface area contributed by atoms with Crippen LogP contribution in [0.1, 0.15) is 34.5 Å². The first-order valence-electron chi connectivity index (χ1n) is 12.3. The molecule has 0 aliphatic carbocycles. The zero-order chi connectivity index (χ0) is 25.1. The number of morpholine rings is 1. The number of aromatic nitrogens is 2. The third kappa shape index (κ3) is 5.91. The van der Waals surface area contributed by atoms with Crippen LogP contribution in [0.15, 0.2) is 48.7 Å². The van der Waals surface area contributed by atoms with E-state index in [1.54, 1.807) is 29.1 Å². The molecule has 3 heterocycles. The molecule has 2 aromatic carbocycles. The maximum absolute atomic E-state index is 13.0. The fraction of sp³-hybridized carbons (Fsp3) is 0.370. The van der Waals surface area contributed by atoms with Gasteiger partial charge in [0.15, 0.2) is 0 Å². The minimum absolute atomic E-state index is 0. The van der Waals surface area contributed by atoms with Gasteiger partial charge in [-0.15, -0.1) is 12.4 Å². The van der Waals surface area contributed by atoms with E-state index < -0.39 is 0 Å².